The van der Waals surface area contributed by atoms with Crippen molar-refractivity contribution < 1.29 is 22.7 Å². The molecule has 1 amide bonds. The van der Waals surface area contributed by atoms with E-state index in [2.05, 4.69) is 21.7 Å². The number of anilines is 1. The maximum absolute atomic E-state index is 13.9. The Balaban J connectivity index is 1.53. The van der Waals surface area contributed by atoms with Crippen LogP contribution in [0.2, 0.25) is 0 Å². The van der Waals surface area contributed by atoms with Crippen LogP contribution in [0.25, 0.3) is 0 Å². The molecule has 0 aliphatic carbocycles. The van der Waals surface area contributed by atoms with Crippen LogP contribution in [0.4, 0.5) is 18.9 Å². The second kappa shape index (κ2) is 15.4. The lowest BCUT2D eigenvalue weighted by Crippen LogP contribution is -2.49. The van der Waals surface area contributed by atoms with Crippen molar-refractivity contribution in [3.8, 4) is 11.8 Å². The van der Waals surface area contributed by atoms with E-state index in [1.807, 2.05) is 30.5 Å². The van der Waals surface area contributed by atoms with Crippen molar-refractivity contribution >= 4 is 28.9 Å². The summed E-state index contributed by atoms with van der Waals surface area (Å²) >= 11 is 5.74. The lowest BCUT2D eigenvalue weighted by molar-refractivity contribution is -0.138. The average molecular weight is 649 g/mol. The monoisotopic (exact) mass is 648 g/mol. The van der Waals surface area contributed by atoms with Gasteiger partial charge in [-0.2, -0.15) is 18.4 Å². The van der Waals surface area contributed by atoms with Crippen LogP contribution >= 0.6 is 12.2 Å². The Bertz CT molecular complexity index is 1680. The molecule has 8 nitrogen and oxygen atoms in total. The van der Waals surface area contributed by atoms with Crippen LogP contribution in [0.1, 0.15) is 41.8 Å². The first-order valence-electron chi connectivity index (χ1n) is 14.6. The topological polar surface area (TPSA) is 95.2 Å². The molecule has 12 heteroatoms. The van der Waals surface area contributed by atoms with E-state index in [0.29, 0.717) is 29.2 Å². The molecule has 0 radical (unpaired) electrons. The third-order valence-corrected chi connectivity index (χ3v) is 7.82. The number of alkyl halides is 3. The van der Waals surface area contributed by atoms with Crippen molar-refractivity contribution in [3.63, 3.8) is 0 Å². The normalized spacial score (nSPS) is 11.9. The second-order valence-electron chi connectivity index (χ2n) is 11.1. The number of nitriles is 1. The van der Waals surface area contributed by atoms with E-state index >= 15 is 0 Å². The fourth-order valence-corrected chi connectivity index (χ4v) is 5.15. The molecule has 0 bridgehead atoms. The highest BCUT2D eigenvalue weighted by atomic mass is 32.1. The maximum Gasteiger partial charge on any atom is 0.416 e. The van der Waals surface area contributed by atoms with E-state index in [9.17, 15) is 18.0 Å². The van der Waals surface area contributed by atoms with Gasteiger partial charge in [0.15, 0.2) is 5.11 Å². The molecular formula is C34H35F3N6O2S. The number of nitrogens with one attached hydrogen (secondary N) is 2. The molecule has 1 aromatic heterocycles. The maximum atomic E-state index is 13.9. The predicted octanol–water partition coefficient (Wildman–Crippen LogP) is 6.41. The van der Waals surface area contributed by atoms with Crippen molar-refractivity contribution in [2.75, 3.05) is 19.0 Å². The number of carbonyl (C=O) groups is 1. The lowest BCUT2D eigenvalue weighted by atomic mass is 10.0. The Morgan fingerprint density at radius 2 is 1.78 bits per heavy atom. The number of benzene rings is 3. The van der Waals surface area contributed by atoms with Crippen LogP contribution in [0.3, 0.4) is 0 Å². The highest BCUT2D eigenvalue weighted by molar-refractivity contribution is 7.80. The lowest BCUT2D eigenvalue weighted by Gasteiger charge is -2.33. The molecule has 46 heavy (non-hydrogen) atoms. The minimum absolute atomic E-state index is 0.0420. The molecular weight excluding hydrogens is 613 g/mol. The number of amides is 1. The van der Waals surface area contributed by atoms with Crippen LogP contribution in [0.5, 0.6) is 5.75 Å². The number of hydrogen-bond donors (Lipinski definition) is 2. The third-order valence-electron chi connectivity index (χ3n) is 7.46. The van der Waals surface area contributed by atoms with Crippen molar-refractivity contribution in [3.05, 3.63) is 113 Å². The van der Waals surface area contributed by atoms with Gasteiger partial charge in [-0.15, -0.1) is 0 Å². The Morgan fingerprint density at radius 3 is 2.46 bits per heavy atom. The molecule has 0 saturated carbocycles. The zero-order valence-corrected chi connectivity index (χ0v) is 26.5. The van der Waals surface area contributed by atoms with E-state index in [-0.39, 0.29) is 42.0 Å². The fourth-order valence-electron chi connectivity index (χ4n) is 4.90. The molecule has 0 spiro atoms. The van der Waals surface area contributed by atoms with Gasteiger partial charge in [0.2, 0.25) is 5.91 Å². The Kier molecular flexibility index (Phi) is 11.4. The number of hydrogen-bond acceptors (Lipinski definition) is 5. The Labute approximate surface area is 271 Å². The van der Waals surface area contributed by atoms with Gasteiger partial charge in [0.25, 0.3) is 0 Å². The number of halogens is 3. The van der Waals surface area contributed by atoms with E-state index in [4.69, 9.17) is 22.2 Å². The Hall–Kier alpha value is -4.89. The molecule has 240 valence electrons. The number of ether oxygens (including phenoxy) is 1. The molecule has 2 N–H and O–H groups in total. The number of imidazole rings is 1. The van der Waals surface area contributed by atoms with Gasteiger partial charge in [-0.25, -0.2) is 4.98 Å². The van der Waals surface area contributed by atoms with E-state index in [1.165, 1.54) is 19.2 Å². The standard InChI is InChI=1S/C34H35F3N6O2S/c1-23(2)30(40-32(44)16-27-18-39-22-43(27)19-25-14-12-24(17-38)13-15-25)21-42(20-26-8-4-5-9-28(26)34(35,36)37)33(46)41-29-10-6-7-11-31(29)45-3/h4-15,18,22-23,30H,16,19-21H2,1-3H3,(H,40,44)(H,41,46)/t30-/m1/s1. The summed E-state index contributed by atoms with van der Waals surface area (Å²) in [5, 5.41) is 15.4. The van der Waals surface area contributed by atoms with E-state index in [1.54, 1.807) is 59.9 Å². The van der Waals surface area contributed by atoms with Crippen LogP contribution in [-0.4, -0.2) is 45.2 Å². The minimum atomic E-state index is -4.55. The molecule has 0 fully saturated rings. The van der Waals surface area contributed by atoms with Gasteiger partial charge >= 0.3 is 6.18 Å². The number of rotatable bonds is 12. The molecule has 0 aliphatic rings. The first-order chi connectivity index (χ1) is 22.0. The molecule has 0 aliphatic heterocycles. The zero-order chi connectivity index (χ0) is 33.3. The third kappa shape index (κ3) is 9.08. The fraction of sp³-hybridized carbons (Fsp3) is 0.294. The van der Waals surface area contributed by atoms with Crippen molar-refractivity contribution in [1.29, 1.82) is 5.26 Å². The molecule has 1 heterocycles. The summed E-state index contributed by atoms with van der Waals surface area (Å²) in [4.78, 5) is 19.2. The number of aromatic nitrogens is 2. The summed E-state index contributed by atoms with van der Waals surface area (Å²) in [5.41, 5.74) is 2.06. The second-order valence-corrected chi connectivity index (χ2v) is 11.5. The van der Waals surface area contributed by atoms with Gasteiger partial charge in [0, 0.05) is 37.6 Å². The van der Waals surface area contributed by atoms with Crippen molar-refractivity contribution in [2.45, 2.75) is 45.6 Å². The minimum Gasteiger partial charge on any atom is -0.495 e. The van der Waals surface area contributed by atoms with Gasteiger partial charge in [0.1, 0.15) is 5.75 Å². The van der Waals surface area contributed by atoms with E-state index < -0.39 is 17.8 Å². The largest absolute Gasteiger partial charge is 0.495 e. The molecule has 3 aromatic carbocycles. The van der Waals surface area contributed by atoms with Crippen LogP contribution < -0.4 is 15.4 Å². The van der Waals surface area contributed by atoms with Crippen LogP contribution in [-0.2, 0) is 30.5 Å². The highest BCUT2D eigenvalue weighted by Crippen LogP contribution is 2.33. The first-order valence-corrected chi connectivity index (χ1v) is 15.0. The number of methoxy groups -OCH3 is 1. The zero-order valence-electron chi connectivity index (χ0n) is 25.7. The predicted molar refractivity (Wildman–Crippen MR) is 174 cm³/mol. The summed E-state index contributed by atoms with van der Waals surface area (Å²) in [6, 6.07) is 21.3. The molecule has 4 aromatic rings. The van der Waals surface area contributed by atoms with Gasteiger partial charge in [-0.05, 0) is 59.6 Å². The summed E-state index contributed by atoms with van der Waals surface area (Å²) < 4.78 is 49.1. The van der Waals surface area contributed by atoms with Gasteiger partial charge < -0.3 is 24.8 Å². The number of thiocarbonyl (C=S) groups is 1. The smallest absolute Gasteiger partial charge is 0.416 e. The Morgan fingerprint density at radius 1 is 1.09 bits per heavy atom. The molecule has 0 unspecified atom stereocenters. The van der Waals surface area contributed by atoms with Gasteiger partial charge in [-0.3, -0.25) is 4.79 Å². The quantitative estimate of drug-likeness (QED) is 0.172. The molecule has 1 atom stereocenters. The van der Waals surface area contributed by atoms with Gasteiger partial charge in [0.05, 0.1) is 42.7 Å². The SMILES string of the molecule is COc1ccccc1NC(=S)N(Cc1ccccc1C(F)(F)F)C[C@@H](NC(=O)Cc1cncn1Cc1ccc(C#N)cc1)C(C)C. The average Bonchev–Trinajstić information content (AvgIpc) is 3.46. The van der Waals surface area contributed by atoms with Crippen LogP contribution in [0, 0.1) is 17.2 Å². The molecule has 4 rings (SSSR count). The summed E-state index contributed by atoms with van der Waals surface area (Å²) in [6.07, 6.45) is -1.24. The van der Waals surface area contributed by atoms with E-state index in [0.717, 1.165) is 11.6 Å². The van der Waals surface area contributed by atoms with Crippen molar-refractivity contribution in [2.24, 2.45) is 5.92 Å². The van der Waals surface area contributed by atoms with Crippen LogP contribution in [0.15, 0.2) is 85.3 Å². The summed E-state index contributed by atoms with van der Waals surface area (Å²) in [7, 11) is 1.52. The molecule has 0 saturated heterocycles. The number of nitrogens with zero attached hydrogens (tertiary/aromatic N) is 4. The van der Waals surface area contributed by atoms with Gasteiger partial charge in [-0.1, -0.05) is 56.3 Å². The first kappa shape index (κ1) is 34.0. The van der Waals surface area contributed by atoms with Crippen molar-refractivity contribution in [1.82, 2.24) is 19.8 Å². The highest BCUT2D eigenvalue weighted by Gasteiger charge is 2.34. The number of carbonyl (C=O) groups excluding carboxylic acids is 1. The summed E-state index contributed by atoms with van der Waals surface area (Å²) in [5.74, 6) is 0.174. The number of para-hydroxylation sites is 2. The summed E-state index contributed by atoms with van der Waals surface area (Å²) in [6.45, 7) is 4.32.